The molecule has 1 aromatic heterocycles. The molecule has 16 heavy (non-hydrogen) atoms. The maximum absolute atomic E-state index is 5.83. The van der Waals surface area contributed by atoms with Gasteiger partial charge in [-0.1, -0.05) is 23.7 Å². The van der Waals surface area contributed by atoms with Crippen molar-refractivity contribution in [1.29, 1.82) is 0 Å². The van der Waals surface area contributed by atoms with E-state index in [0.717, 1.165) is 5.56 Å². The van der Waals surface area contributed by atoms with E-state index in [1.54, 1.807) is 7.05 Å². The summed E-state index contributed by atoms with van der Waals surface area (Å²) in [4.78, 5) is 1.42. The smallest absolute Gasteiger partial charge is 0.183 e. The van der Waals surface area contributed by atoms with Crippen LogP contribution in [0.4, 0.5) is 0 Å². The molecule has 1 unspecified atom stereocenters. The number of hydrogen-bond acceptors (Lipinski definition) is 4. The largest absolute Gasteiger partial charge is 0.329 e. The first-order valence-corrected chi connectivity index (χ1v) is 5.28. The molecule has 0 saturated heterocycles. The van der Waals surface area contributed by atoms with Gasteiger partial charge in [-0.15, -0.1) is 10.2 Å². The molecule has 0 fully saturated rings. The van der Waals surface area contributed by atoms with Crippen molar-refractivity contribution in [2.75, 3.05) is 6.54 Å². The molecule has 2 rings (SSSR count). The summed E-state index contributed by atoms with van der Waals surface area (Å²) < 4.78 is 0. The lowest BCUT2D eigenvalue weighted by atomic mass is 9.99. The van der Waals surface area contributed by atoms with Gasteiger partial charge in [0, 0.05) is 11.6 Å². The fourth-order valence-corrected chi connectivity index (χ4v) is 1.65. The summed E-state index contributed by atoms with van der Waals surface area (Å²) >= 11 is 5.83. The van der Waals surface area contributed by atoms with E-state index in [9.17, 15) is 0 Å². The third kappa shape index (κ3) is 2.20. The fraction of sp³-hybridized carbons (Fsp3) is 0.300. The number of nitrogens with zero attached hydrogens (tertiary/aromatic N) is 4. The zero-order chi connectivity index (χ0) is 11.5. The predicted molar refractivity (Wildman–Crippen MR) is 61.1 cm³/mol. The van der Waals surface area contributed by atoms with Crippen molar-refractivity contribution in [1.82, 2.24) is 20.2 Å². The summed E-state index contributed by atoms with van der Waals surface area (Å²) in [5.74, 6) is 0.596. The average Bonchev–Trinajstić information content (AvgIpc) is 2.69. The summed E-state index contributed by atoms with van der Waals surface area (Å²) in [6.07, 6.45) is 0. The minimum atomic E-state index is -0.0361. The van der Waals surface area contributed by atoms with E-state index in [1.807, 2.05) is 24.3 Å². The van der Waals surface area contributed by atoms with Gasteiger partial charge in [-0.2, -0.15) is 4.80 Å². The van der Waals surface area contributed by atoms with Gasteiger partial charge >= 0.3 is 0 Å². The van der Waals surface area contributed by atoms with Gasteiger partial charge in [0.1, 0.15) is 0 Å². The van der Waals surface area contributed by atoms with Gasteiger partial charge in [-0.05, 0) is 22.9 Å². The minimum Gasteiger partial charge on any atom is -0.329 e. The summed E-state index contributed by atoms with van der Waals surface area (Å²) in [7, 11) is 1.73. The van der Waals surface area contributed by atoms with Crippen LogP contribution in [-0.2, 0) is 7.05 Å². The Labute approximate surface area is 98.2 Å². The van der Waals surface area contributed by atoms with E-state index in [1.165, 1.54) is 4.80 Å². The summed E-state index contributed by atoms with van der Waals surface area (Å²) in [6.45, 7) is 0.438. The Morgan fingerprint density at radius 3 is 2.56 bits per heavy atom. The number of benzene rings is 1. The van der Waals surface area contributed by atoms with Crippen LogP contribution in [0.1, 0.15) is 17.3 Å². The number of hydrogen-bond donors (Lipinski definition) is 1. The Morgan fingerprint density at radius 2 is 2.06 bits per heavy atom. The molecule has 0 aliphatic heterocycles. The Kier molecular flexibility index (Phi) is 3.17. The molecule has 0 amide bonds. The van der Waals surface area contributed by atoms with Crippen LogP contribution < -0.4 is 5.73 Å². The van der Waals surface area contributed by atoms with Crippen molar-refractivity contribution in [3.05, 3.63) is 40.7 Å². The zero-order valence-corrected chi connectivity index (χ0v) is 9.59. The highest BCUT2D eigenvalue weighted by molar-refractivity contribution is 6.30. The summed E-state index contributed by atoms with van der Waals surface area (Å²) in [6, 6.07) is 7.51. The molecule has 0 saturated carbocycles. The highest BCUT2D eigenvalue weighted by atomic mass is 35.5. The maximum atomic E-state index is 5.83. The number of halogens is 1. The second-order valence-electron chi connectivity index (χ2n) is 3.48. The molecule has 1 atom stereocenters. The molecule has 0 spiro atoms. The number of rotatable bonds is 3. The molecule has 1 aromatic carbocycles. The molecule has 5 nitrogen and oxygen atoms in total. The van der Waals surface area contributed by atoms with Crippen LogP contribution in [0.3, 0.4) is 0 Å². The lowest BCUT2D eigenvalue weighted by Gasteiger charge is -2.10. The minimum absolute atomic E-state index is 0.0361. The molecule has 0 aliphatic carbocycles. The van der Waals surface area contributed by atoms with E-state index in [0.29, 0.717) is 17.4 Å². The normalized spacial score (nSPS) is 12.7. The summed E-state index contributed by atoms with van der Waals surface area (Å²) in [5.41, 5.74) is 6.78. The fourth-order valence-electron chi connectivity index (χ4n) is 1.52. The van der Waals surface area contributed by atoms with E-state index >= 15 is 0 Å². The molecule has 0 aliphatic rings. The molecule has 84 valence electrons. The van der Waals surface area contributed by atoms with Gasteiger partial charge in [0.15, 0.2) is 5.82 Å². The third-order valence-corrected chi connectivity index (χ3v) is 2.60. The van der Waals surface area contributed by atoms with Crippen molar-refractivity contribution < 1.29 is 0 Å². The molecular weight excluding hydrogens is 226 g/mol. The number of aryl methyl sites for hydroxylation is 1. The van der Waals surface area contributed by atoms with Gasteiger partial charge in [0.2, 0.25) is 0 Å². The quantitative estimate of drug-likeness (QED) is 0.863. The SMILES string of the molecule is Cn1nnc(C(CN)c2ccc(Cl)cc2)n1. The maximum Gasteiger partial charge on any atom is 0.183 e. The van der Waals surface area contributed by atoms with Crippen molar-refractivity contribution >= 4 is 11.6 Å². The molecule has 0 bridgehead atoms. The average molecular weight is 238 g/mol. The summed E-state index contributed by atoms with van der Waals surface area (Å²) in [5, 5.41) is 12.6. The molecule has 0 radical (unpaired) electrons. The second-order valence-corrected chi connectivity index (χ2v) is 3.91. The van der Waals surface area contributed by atoms with Crippen LogP contribution >= 0.6 is 11.6 Å². The van der Waals surface area contributed by atoms with Gasteiger partial charge in [0.05, 0.1) is 13.0 Å². The Balaban J connectivity index is 2.32. The highest BCUT2D eigenvalue weighted by Gasteiger charge is 2.17. The number of nitrogens with two attached hydrogens (primary N) is 1. The number of aromatic nitrogens is 4. The zero-order valence-electron chi connectivity index (χ0n) is 8.84. The van der Waals surface area contributed by atoms with Crippen LogP contribution in [-0.4, -0.2) is 26.8 Å². The lowest BCUT2D eigenvalue weighted by molar-refractivity contribution is 0.624. The number of tetrazole rings is 1. The van der Waals surface area contributed by atoms with E-state index in [-0.39, 0.29) is 5.92 Å². The van der Waals surface area contributed by atoms with Gasteiger partial charge in [-0.3, -0.25) is 0 Å². The molecule has 1 heterocycles. The third-order valence-electron chi connectivity index (χ3n) is 2.34. The monoisotopic (exact) mass is 237 g/mol. The van der Waals surface area contributed by atoms with Gasteiger partial charge in [-0.25, -0.2) is 0 Å². The molecular formula is C10H12ClN5. The van der Waals surface area contributed by atoms with Crippen LogP contribution in [0, 0.1) is 0 Å². The van der Waals surface area contributed by atoms with Crippen LogP contribution in [0.5, 0.6) is 0 Å². The van der Waals surface area contributed by atoms with E-state index in [4.69, 9.17) is 17.3 Å². The molecule has 6 heteroatoms. The highest BCUT2D eigenvalue weighted by Crippen LogP contribution is 2.21. The van der Waals surface area contributed by atoms with Crippen LogP contribution in [0.15, 0.2) is 24.3 Å². The second kappa shape index (κ2) is 4.59. The van der Waals surface area contributed by atoms with E-state index < -0.39 is 0 Å². The Bertz CT molecular complexity index is 464. The van der Waals surface area contributed by atoms with Crippen molar-refractivity contribution in [2.24, 2.45) is 12.8 Å². The van der Waals surface area contributed by atoms with Crippen LogP contribution in [0.25, 0.3) is 0 Å². The van der Waals surface area contributed by atoms with Gasteiger partial charge in [0.25, 0.3) is 0 Å². The topological polar surface area (TPSA) is 69.6 Å². The lowest BCUT2D eigenvalue weighted by Crippen LogP contribution is -2.15. The first-order chi connectivity index (χ1) is 7.70. The van der Waals surface area contributed by atoms with Crippen LogP contribution in [0.2, 0.25) is 5.02 Å². The van der Waals surface area contributed by atoms with Crippen molar-refractivity contribution in [2.45, 2.75) is 5.92 Å². The Hall–Kier alpha value is -1.46. The van der Waals surface area contributed by atoms with Gasteiger partial charge < -0.3 is 5.73 Å². The predicted octanol–water partition coefficient (Wildman–Crippen LogP) is 0.954. The first-order valence-electron chi connectivity index (χ1n) is 4.90. The molecule has 2 N–H and O–H groups in total. The standard InChI is InChI=1S/C10H12ClN5/c1-16-14-10(13-15-16)9(6-12)7-2-4-8(11)5-3-7/h2-5,9H,6,12H2,1H3. The van der Waals surface area contributed by atoms with Crippen molar-refractivity contribution in [3.8, 4) is 0 Å². The Morgan fingerprint density at radius 1 is 1.38 bits per heavy atom. The first kappa shape index (κ1) is 11.0. The molecule has 2 aromatic rings. The van der Waals surface area contributed by atoms with E-state index in [2.05, 4.69) is 15.4 Å². The van der Waals surface area contributed by atoms with Crippen molar-refractivity contribution in [3.63, 3.8) is 0 Å².